The Bertz CT molecular complexity index is 1420. The Morgan fingerprint density at radius 3 is 2.53 bits per heavy atom. The van der Waals surface area contributed by atoms with Crippen LogP contribution < -0.4 is 4.90 Å². The lowest BCUT2D eigenvalue weighted by atomic mass is 9.92. The largest absolute Gasteiger partial charge is 0.507 e. The highest BCUT2D eigenvalue weighted by Gasteiger charge is 2.47. The maximum atomic E-state index is 14.0. The average Bonchev–Trinajstić information content (AvgIpc) is 3.33. The third-order valence-electron chi connectivity index (χ3n) is 5.86. The van der Waals surface area contributed by atoms with Crippen molar-refractivity contribution < 1.29 is 19.1 Å². The van der Waals surface area contributed by atoms with Crippen molar-refractivity contribution in [2.75, 3.05) is 4.90 Å². The predicted molar refractivity (Wildman–Crippen MR) is 121 cm³/mol. The van der Waals surface area contributed by atoms with Crippen LogP contribution in [0.4, 0.5) is 10.1 Å². The number of nitrogens with one attached hydrogen (secondary N) is 1. The van der Waals surface area contributed by atoms with Crippen molar-refractivity contribution in [2.24, 2.45) is 0 Å². The average molecular weight is 426 g/mol. The van der Waals surface area contributed by atoms with Crippen LogP contribution in [0.2, 0.25) is 0 Å². The fourth-order valence-corrected chi connectivity index (χ4v) is 4.33. The van der Waals surface area contributed by atoms with Gasteiger partial charge in [-0.3, -0.25) is 14.5 Å². The van der Waals surface area contributed by atoms with E-state index in [1.807, 2.05) is 43.3 Å². The zero-order valence-electron chi connectivity index (χ0n) is 17.2. The number of H-pyrrole nitrogens is 1. The highest BCUT2D eigenvalue weighted by Crippen LogP contribution is 2.43. The number of anilines is 1. The molecule has 4 aromatic rings. The van der Waals surface area contributed by atoms with E-state index in [1.165, 1.54) is 23.1 Å². The van der Waals surface area contributed by atoms with Crippen LogP contribution in [0.15, 0.2) is 84.6 Å². The van der Waals surface area contributed by atoms with Gasteiger partial charge in [-0.2, -0.15) is 0 Å². The Balaban J connectivity index is 1.79. The van der Waals surface area contributed by atoms with Crippen molar-refractivity contribution in [3.63, 3.8) is 0 Å². The third-order valence-corrected chi connectivity index (χ3v) is 5.86. The maximum Gasteiger partial charge on any atom is 0.300 e. The van der Waals surface area contributed by atoms with Crippen molar-refractivity contribution in [2.45, 2.75) is 13.0 Å². The topological polar surface area (TPSA) is 73.4 Å². The monoisotopic (exact) mass is 426 g/mol. The summed E-state index contributed by atoms with van der Waals surface area (Å²) < 4.78 is 14.0. The van der Waals surface area contributed by atoms with E-state index < -0.39 is 23.5 Å². The molecule has 0 bridgehead atoms. The van der Waals surface area contributed by atoms with Gasteiger partial charge in [0.2, 0.25) is 0 Å². The Hall–Kier alpha value is -4.19. The normalized spacial score (nSPS) is 17.9. The molecule has 0 aliphatic carbocycles. The summed E-state index contributed by atoms with van der Waals surface area (Å²) in [5.74, 6) is -2.42. The van der Waals surface area contributed by atoms with Crippen molar-refractivity contribution in [1.82, 2.24) is 4.98 Å². The first-order chi connectivity index (χ1) is 15.5. The number of amides is 1. The number of halogens is 1. The summed E-state index contributed by atoms with van der Waals surface area (Å²) in [5, 5.41) is 12.1. The summed E-state index contributed by atoms with van der Waals surface area (Å²) >= 11 is 0. The number of hydrogen-bond acceptors (Lipinski definition) is 3. The Labute approximate surface area is 183 Å². The molecule has 0 spiro atoms. The van der Waals surface area contributed by atoms with Gasteiger partial charge in [-0.25, -0.2) is 4.39 Å². The van der Waals surface area contributed by atoms with E-state index in [4.69, 9.17) is 0 Å². The van der Waals surface area contributed by atoms with Crippen LogP contribution in [0.1, 0.15) is 22.7 Å². The first kappa shape index (κ1) is 19.8. The lowest BCUT2D eigenvalue weighted by Gasteiger charge is -2.26. The number of carbonyl (C=O) groups excluding carboxylic acids is 2. The molecule has 1 saturated heterocycles. The second-order valence-corrected chi connectivity index (χ2v) is 7.75. The van der Waals surface area contributed by atoms with E-state index in [0.717, 1.165) is 16.5 Å². The number of aryl methyl sites for hydroxylation is 1. The van der Waals surface area contributed by atoms with Crippen molar-refractivity contribution in [1.29, 1.82) is 0 Å². The summed E-state index contributed by atoms with van der Waals surface area (Å²) in [5.41, 5.74) is 2.96. The molecule has 32 heavy (non-hydrogen) atoms. The molecule has 1 fully saturated rings. The Kier molecular flexibility index (Phi) is 4.63. The second-order valence-electron chi connectivity index (χ2n) is 7.75. The molecule has 3 aromatic carbocycles. The lowest BCUT2D eigenvalue weighted by molar-refractivity contribution is -0.132. The van der Waals surface area contributed by atoms with Gasteiger partial charge in [0.15, 0.2) is 0 Å². The molecule has 2 heterocycles. The van der Waals surface area contributed by atoms with Gasteiger partial charge in [-0.15, -0.1) is 0 Å². The molecule has 1 unspecified atom stereocenters. The fraction of sp³-hybridized carbons (Fsp3) is 0.0769. The van der Waals surface area contributed by atoms with Gasteiger partial charge < -0.3 is 10.1 Å². The molecular formula is C26H19FN2O3. The van der Waals surface area contributed by atoms with Gasteiger partial charge in [0.1, 0.15) is 11.6 Å². The van der Waals surface area contributed by atoms with Gasteiger partial charge in [0.25, 0.3) is 11.7 Å². The SMILES string of the molecule is Cc1ccccc1C1/C(=C(\O)c2c[nH]c3ccccc23)C(=O)C(=O)N1c1cccc(F)c1. The minimum Gasteiger partial charge on any atom is -0.507 e. The molecular weight excluding hydrogens is 407 g/mol. The summed E-state index contributed by atoms with van der Waals surface area (Å²) in [6.07, 6.45) is 1.62. The number of fused-ring (bicyclic) bond motifs is 1. The Morgan fingerprint density at radius 1 is 1.00 bits per heavy atom. The van der Waals surface area contributed by atoms with Crippen LogP contribution in [0.5, 0.6) is 0 Å². The van der Waals surface area contributed by atoms with Gasteiger partial charge in [0.05, 0.1) is 11.6 Å². The van der Waals surface area contributed by atoms with Crippen LogP contribution in [0, 0.1) is 12.7 Å². The molecule has 158 valence electrons. The molecule has 5 rings (SSSR count). The molecule has 1 atom stereocenters. The summed E-state index contributed by atoms with van der Waals surface area (Å²) in [7, 11) is 0. The van der Waals surface area contributed by atoms with Crippen molar-refractivity contribution >= 4 is 34.0 Å². The van der Waals surface area contributed by atoms with Crippen LogP contribution >= 0.6 is 0 Å². The minimum atomic E-state index is -0.897. The lowest BCUT2D eigenvalue weighted by Crippen LogP contribution is -2.29. The molecule has 1 aliphatic heterocycles. The Morgan fingerprint density at radius 2 is 1.75 bits per heavy atom. The number of aromatic amines is 1. The van der Waals surface area contributed by atoms with E-state index in [0.29, 0.717) is 11.1 Å². The van der Waals surface area contributed by atoms with Crippen LogP contribution in [-0.2, 0) is 9.59 Å². The third kappa shape index (κ3) is 3.00. The number of aliphatic hydroxyl groups is 1. The van der Waals surface area contributed by atoms with E-state index in [-0.39, 0.29) is 17.0 Å². The number of benzene rings is 3. The summed E-state index contributed by atoms with van der Waals surface area (Å²) in [6.45, 7) is 1.87. The highest BCUT2D eigenvalue weighted by molar-refractivity contribution is 6.51. The molecule has 1 amide bonds. The first-order valence-electron chi connectivity index (χ1n) is 10.2. The maximum absolute atomic E-state index is 14.0. The van der Waals surface area contributed by atoms with E-state index in [2.05, 4.69) is 4.98 Å². The van der Waals surface area contributed by atoms with Gasteiger partial charge in [-0.1, -0.05) is 48.5 Å². The number of para-hydroxylation sites is 1. The molecule has 0 radical (unpaired) electrons. The number of aliphatic hydroxyl groups excluding tert-OH is 1. The molecule has 1 aliphatic rings. The number of nitrogens with zero attached hydrogens (tertiary/aromatic N) is 1. The van der Waals surface area contributed by atoms with E-state index >= 15 is 0 Å². The number of ketones is 1. The number of carbonyl (C=O) groups is 2. The summed E-state index contributed by atoms with van der Waals surface area (Å²) in [6, 6.07) is 19.4. The zero-order chi connectivity index (χ0) is 22.4. The fourth-order valence-electron chi connectivity index (χ4n) is 4.33. The second kappa shape index (κ2) is 7.50. The molecule has 1 aromatic heterocycles. The smallest absolute Gasteiger partial charge is 0.300 e. The highest BCUT2D eigenvalue weighted by atomic mass is 19.1. The number of Topliss-reactive ketones (excluding diaryl/α,β-unsaturated/α-hetero) is 1. The van der Waals surface area contributed by atoms with Gasteiger partial charge in [-0.05, 0) is 42.3 Å². The standard InChI is InChI=1S/C26H19FN2O3/c1-15-7-2-3-10-18(15)23-22(24(30)20-14-28-21-12-5-4-11-19(20)21)25(31)26(32)29(23)17-9-6-8-16(27)13-17/h2-14,23,28,30H,1H3/b24-22+. The number of rotatable bonds is 3. The number of hydrogen-bond donors (Lipinski definition) is 2. The quantitative estimate of drug-likeness (QED) is 0.267. The molecule has 2 N–H and O–H groups in total. The van der Waals surface area contributed by atoms with Crippen molar-refractivity contribution in [3.05, 3.63) is 107 Å². The zero-order valence-corrected chi connectivity index (χ0v) is 17.2. The number of aromatic nitrogens is 1. The predicted octanol–water partition coefficient (Wildman–Crippen LogP) is 5.24. The molecule has 6 heteroatoms. The van der Waals surface area contributed by atoms with Crippen molar-refractivity contribution in [3.8, 4) is 0 Å². The summed E-state index contributed by atoms with van der Waals surface area (Å²) in [4.78, 5) is 30.7. The first-order valence-corrected chi connectivity index (χ1v) is 10.2. The molecule has 5 nitrogen and oxygen atoms in total. The van der Waals surface area contributed by atoms with Crippen LogP contribution in [0.3, 0.4) is 0 Å². The van der Waals surface area contributed by atoms with E-state index in [1.54, 1.807) is 24.4 Å². The van der Waals surface area contributed by atoms with Gasteiger partial charge in [0, 0.05) is 28.4 Å². The molecule has 0 saturated carbocycles. The minimum absolute atomic E-state index is 0.0293. The van der Waals surface area contributed by atoms with E-state index in [9.17, 15) is 19.1 Å². The van der Waals surface area contributed by atoms with Crippen LogP contribution in [-0.4, -0.2) is 21.8 Å². The van der Waals surface area contributed by atoms with Crippen LogP contribution in [0.25, 0.3) is 16.7 Å². The van der Waals surface area contributed by atoms with Gasteiger partial charge >= 0.3 is 0 Å².